The third-order valence-electron chi connectivity index (χ3n) is 4.13. The number of nitrogens with one attached hydrogen (secondary N) is 1. The van der Waals surface area contributed by atoms with Gasteiger partial charge in [0.15, 0.2) is 0 Å². The first kappa shape index (κ1) is 13.8. The normalized spacial score (nSPS) is 17.1. The summed E-state index contributed by atoms with van der Waals surface area (Å²) in [5.41, 5.74) is 1.94. The molecule has 0 atom stereocenters. The molecule has 21 heavy (non-hydrogen) atoms. The van der Waals surface area contributed by atoms with Gasteiger partial charge in [0.2, 0.25) is 5.56 Å². The van der Waals surface area contributed by atoms with Gasteiger partial charge < -0.3 is 10.1 Å². The first-order valence-corrected chi connectivity index (χ1v) is 7.19. The smallest absolute Gasteiger partial charge is 0.306 e. The molecule has 1 aromatic carbocycles. The molecule has 0 aliphatic carbocycles. The summed E-state index contributed by atoms with van der Waals surface area (Å²) in [4.78, 5) is 27.3. The molecule has 0 amide bonds. The molecule has 2 heterocycles. The lowest BCUT2D eigenvalue weighted by molar-refractivity contribution is -0.143. The first-order chi connectivity index (χ1) is 10.1. The van der Waals surface area contributed by atoms with Gasteiger partial charge in [0, 0.05) is 18.1 Å². The molecule has 2 aromatic rings. The van der Waals surface area contributed by atoms with Crippen molar-refractivity contribution in [3.63, 3.8) is 0 Å². The van der Waals surface area contributed by atoms with Crippen molar-refractivity contribution in [3.8, 4) is 0 Å². The highest BCUT2D eigenvalue weighted by Gasteiger charge is 2.24. The summed E-state index contributed by atoms with van der Waals surface area (Å²) in [6.07, 6.45) is 1.44. The van der Waals surface area contributed by atoms with Crippen LogP contribution in [-0.2, 0) is 11.3 Å². The van der Waals surface area contributed by atoms with Crippen LogP contribution in [0.1, 0.15) is 18.4 Å². The number of carboxylic acids is 1. The van der Waals surface area contributed by atoms with Gasteiger partial charge >= 0.3 is 5.97 Å². The maximum Gasteiger partial charge on any atom is 0.306 e. The number of pyridine rings is 1. The summed E-state index contributed by atoms with van der Waals surface area (Å²) < 4.78 is 0. The SMILES string of the molecule is O=C(O)C1CCN(Cc2ccc3[nH]c(=O)ccc3c2)CC1. The van der Waals surface area contributed by atoms with Crippen LogP contribution in [0.2, 0.25) is 0 Å². The predicted molar refractivity (Wildman–Crippen MR) is 80.2 cm³/mol. The van der Waals surface area contributed by atoms with Crippen LogP contribution in [0, 0.1) is 5.92 Å². The Kier molecular flexibility index (Phi) is 3.75. The van der Waals surface area contributed by atoms with E-state index in [4.69, 9.17) is 5.11 Å². The van der Waals surface area contributed by atoms with Crippen molar-refractivity contribution in [3.05, 3.63) is 46.2 Å². The zero-order chi connectivity index (χ0) is 14.8. The highest BCUT2D eigenvalue weighted by Crippen LogP contribution is 2.20. The van der Waals surface area contributed by atoms with Crippen molar-refractivity contribution in [1.29, 1.82) is 0 Å². The largest absolute Gasteiger partial charge is 0.481 e. The fraction of sp³-hybridized carbons (Fsp3) is 0.375. The molecule has 0 saturated carbocycles. The number of fused-ring (bicyclic) bond motifs is 1. The highest BCUT2D eigenvalue weighted by atomic mass is 16.4. The van der Waals surface area contributed by atoms with E-state index in [0.29, 0.717) is 0 Å². The lowest BCUT2D eigenvalue weighted by Gasteiger charge is -2.30. The molecule has 1 saturated heterocycles. The van der Waals surface area contributed by atoms with Crippen LogP contribution in [0.5, 0.6) is 0 Å². The molecule has 0 bridgehead atoms. The van der Waals surface area contributed by atoms with E-state index >= 15 is 0 Å². The fourth-order valence-corrected chi connectivity index (χ4v) is 2.90. The molecule has 2 N–H and O–H groups in total. The van der Waals surface area contributed by atoms with Crippen LogP contribution in [0.15, 0.2) is 35.1 Å². The van der Waals surface area contributed by atoms with E-state index in [9.17, 15) is 9.59 Å². The van der Waals surface area contributed by atoms with E-state index in [-0.39, 0.29) is 11.5 Å². The molecule has 5 heteroatoms. The minimum absolute atomic E-state index is 0.0917. The number of hydrogen-bond donors (Lipinski definition) is 2. The number of H-pyrrole nitrogens is 1. The number of aliphatic carboxylic acids is 1. The number of nitrogens with zero attached hydrogens (tertiary/aromatic N) is 1. The Bertz CT molecular complexity index is 715. The molecule has 1 aliphatic heterocycles. The highest BCUT2D eigenvalue weighted by molar-refractivity contribution is 5.78. The van der Waals surface area contributed by atoms with Gasteiger partial charge in [0.1, 0.15) is 0 Å². The van der Waals surface area contributed by atoms with Crippen LogP contribution in [0.25, 0.3) is 10.9 Å². The summed E-state index contributed by atoms with van der Waals surface area (Å²) in [7, 11) is 0. The van der Waals surface area contributed by atoms with Crippen molar-refractivity contribution in [2.24, 2.45) is 5.92 Å². The maximum absolute atomic E-state index is 11.3. The Labute approximate surface area is 122 Å². The Morgan fingerprint density at radius 1 is 1.24 bits per heavy atom. The first-order valence-electron chi connectivity index (χ1n) is 7.19. The van der Waals surface area contributed by atoms with Crippen molar-refractivity contribution < 1.29 is 9.90 Å². The Morgan fingerprint density at radius 2 is 2.00 bits per heavy atom. The topological polar surface area (TPSA) is 73.4 Å². The minimum atomic E-state index is -0.677. The summed E-state index contributed by atoms with van der Waals surface area (Å²) in [5.74, 6) is -0.868. The summed E-state index contributed by atoms with van der Waals surface area (Å²) in [6, 6.07) is 9.38. The van der Waals surface area contributed by atoms with Crippen molar-refractivity contribution in [2.75, 3.05) is 13.1 Å². The van der Waals surface area contributed by atoms with Gasteiger partial charge in [-0.2, -0.15) is 0 Å². The number of aromatic nitrogens is 1. The van der Waals surface area contributed by atoms with Gasteiger partial charge in [-0.25, -0.2) is 0 Å². The number of carbonyl (C=O) groups is 1. The van der Waals surface area contributed by atoms with Crippen molar-refractivity contribution in [1.82, 2.24) is 9.88 Å². The summed E-state index contributed by atoms with van der Waals surface area (Å²) in [6.45, 7) is 2.46. The van der Waals surface area contributed by atoms with Gasteiger partial charge in [-0.15, -0.1) is 0 Å². The number of rotatable bonds is 3. The lowest BCUT2D eigenvalue weighted by Crippen LogP contribution is -2.35. The van der Waals surface area contributed by atoms with Gasteiger partial charge in [-0.3, -0.25) is 14.5 Å². The molecular weight excluding hydrogens is 268 g/mol. The molecule has 1 aromatic heterocycles. The van der Waals surface area contributed by atoms with Crippen molar-refractivity contribution in [2.45, 2.75) is 19.4 Å². The molecular formula is C16H18N2O3. The standard InChI is InChI=1S/C16H18N2O3/c19-15-4-2-13-9-11(1-3-14(13)17-15)10-18-7-5-12(6-8-18)16(20)21/h1-4,9,12H,5-8,10H2,(H,17,19)(H,20,21). The zero-order valence-electron chi connectivity index (χ0n) is 11.7. The minimum Gasteiger partial charge on any atom is -0.481 e. The molecule has 110 valence electrons. The van der Waals surface area contributed by atoms with Gasteiger partial charge in [-0.05, 0) is 55.1 Å². The van der Waals surface area contributed by atoms with E-state index in [1.165, 1.54) is 11.6 Å². The van der Waals surface area contributed by atoms with Crippen LogP contribution in [0.4, 0.5) is 0 Å². The Balaban J connectivity index is 1.70. The lowest BCUT2D eigenvalue weighted by atomic mass is 9.97. The number of aromatic amines is 1. The van der Waals surface area contributed by atoms with Gasteiger partial charge in [0.25, 0.3) is 0 Å². The molecule has 1 aliphatic rings. The number of likely N-dealkylation sites (tertiary alicyclic amines) is 1. The average Bonchev–Trinajstić information content (AvgIpc) is 2.48. The van der Waals surface area contributed by atoms with E-state index in [1.54, 1.807) is 0 Å². The predicted octanol–water partition coefficient (Wildman–Crippen LogP) is 1.82. The zero-order valence-corrected chi connectivity index (χ0v) is 11.7. The van der Waals surface area contributed by atoms with Crippen LogP contribution in [0.3, 0.4) is 0 Å². The molecule has 1 fully saturated rings. The van der Waals surface area contributed by atoms with E-state index in [1.807, 2.05) is 18.2 Å². The molecule has 3 rings (SSSR count). The Morgan fingerprint density at radius 3 is 2.71 bits per heavy atom. The second-order valence-electron chi connectivity index (χ2n) is 5.63. The maximum atomic E-state index is 11.3. The molecule has 5 nitrogen and oxygen atoms in total. The van der Waals surface area contributed by atoms with E-state index in [2.05, 4.69) is 16.0 Å². The number of carboxylic acid groups (broad SMARTS) is 1. The van der Waals surface area contributed by atoms with Crippen LogP contribution < -0.4 is 5.56 Å². The molecule has 0 spiro atoms. The monoisotopic (exact) mass is 286 g/mol. The summed E-state index contributed by atoms with van der Waals surface area (Å²) in [5, 5.41) is 10.0. The van der Waals surface area contributed by atoms with Gasteiger partial charge in [0.05, 0.1) is 5.92 Å². The molecule has 0 unspecified atom stereocenters. The number of hydrogen-bond acceptors (Lipinski definition) is 3. The number of benzene rings is 1. The third kappa shape index (κ3) is 3.13. The second kappa shape index (κ2) is 5.69. The summed E-state index contributed by atoms with van der Waals surface area (Å²) >= 11 is 0. The quantitative estimate of drug-likeness (QED) is 0.902. The van der Waals surface area contributed by atoms with Crippen LogP contribution >= 0.6 is 0 Å². The average molecular weight is 286 g/mol. The third-order valence-corrected chi connectivity index (χ3v) is 4.13. The van der Waals surface area contributed by atoms with Crippen molar-refractivity contribution >= 4 is 16.9 Å². The molecule has 0 radical (unpaired) electrons. The number of piperidine rings is 1. The van der Waals surface area contributed by atoms with E-state index < -0.39 is 5.97 Å². The fourth-order valence-electron chi connectivity index (χ4n) is 2.90. The Hall–Kier alpha value is -2.14. The van der Waals surface area contributed by atoms with Gasteiger partial charge in [-0.1, -0.05) is 6.07 Å². The van der Waals surface area contributed by atoms with E-state index in [0.717, 1.165) is 43.4 Å². The second-order valence-corrected chi connectivity index (χ2v) is 5.63. The van der Waals surface area contributed by atoms with Crippen LogP contribution in [-0.4, -0.2) is 34.0 Å².